The summed E-state index contributed by atoms with van der Waals surface area (Å²) >= 11 is 0. The summed E-state index contributed by atoms with van der Waals surface area (Å²) in [6.07, 6.45) is -0.728. The molecule has 0 atom stereocenters. The molecule has 0 aromatic heterocycles. The number of aryl methyl sites for hydroxylation is 1. The fourth-order valence-electron chi connectivity index (χ4n) is 2.21. The van der Waals surface area contributed by atoms with Crippen LogP contribution in [0, 0.1) is 17.0 Å². The molecule has 6 heteroatoms. The molecule has 2 aromatic rings. The fourth-order valence-corrected chi connectivity index (χ4v) is 2.21. The normalized spacial score (nSPS) is 11.0. The van der Waals surface area contributed by atoms with Crippen molar-refractivity contribution < 1.29 is 14.5 Å². The van der Waals surface area contributed by atoms with E-state index in [1.54, 1.807) is 26.8 Å². The SMILES string of the molecule is Cc1cccc(-c2ccc(NC(=O)OC(C)(C)C)c([N+](=O)[O-])c2)c1. The van der Waals surface area contributed by atoms with Gasteiger partial charge in [-0.05, 0) is 44.9 Å². The van der Waals surface area contributed by atoms with Gasteiger partial charge in [0, 0.05) is 6.07 Å². The van der Waals surface area contributed by atoms with Crippen LogP contribution in [0.15, 0.2) is 42.5 Å². The first-order chi connectivity index (χ1) is 11.2. The van der Waals surface area contributed by atoms with Crippen molar-refractivity contribution in [2.24, 2.45) is 0 Å². The Bertz CT molecular complexity index is 779. The van der Waals surface area contributed by atoms with Gasteiger partial charge in [0.15, 0.2) is 0 Å². The molecule has 0 aliphatic carbocycles. The standard InChI is InChI=1S/C18H20N2O4/c1-12-6-5-7-13(10-12)14-8-9-15(16(11-14)20(22)23)19-17(21)24-18(2,3)4/h5-11H,1-4H3,(H,19,21). The highest BCUT2D eigenvalue weighted by Crippen LogP contribution is 2.31. The molecule has 0 saturated heterocycles. The van der Waals surface area contributed by atoms with Gasteiger partial charge in [-0.15, -0.1) is 0 Å². The average molecular weight is 328 g/mol. The Kier molecular flexibility index (Phi) is 4.87. The van der Waals surface area contributed by atoms with E-state index in [2.05, 4.69) is 5.32 Å². The topological polar surface area (TPSA) is 81.5 Å². The van der Waals surface area contributed by atoms with E-state index >= 15 is 0 Å². The van der Waals surface area contributed by atoms with Gasteiger partial charge < -0.3 is 4.74 Å². The molecule has 0 fully saturated rings. The molecule has 0 heterocycles. The number of benzene rings is 2. The predicted molar refractivity (Wildman–Crippen MR) is 93.1 cm³/mol. The van der Waals surface area contributed by atoms with Gasteiger partial charge in [0.25, 0.3) is 5.69 Å². The summed E-state index contributed by atoms with van der Waals surface area (Å²) in [5.41, 5.74) is 1.89. The largest absolute Gasteiger partial charge is 0.444 e. The van der Waals surface area contributed by atoms with E-state index in [-0.39, 0.29) is 11.4 Å². The van der Waals surface area contributed by atoms with Crippen LogP contribution in [0.5, 0.6) is 0 Å². The summed E-state index contributed by atoms with van der Waals surface area (Å²) in [4.78, 5) is 22.7. The Balaban J connectivity index is 2.34. The quantitative estimate of drug-likeness (QED) is 0.640. The Morgan fingerprint density at radius 3 is 2.38 bits per heavy atom. The predicted octanol–water partition coefficient (Wildman–Crippen LogP) is 4.92. The molecule has 1 amide bonds. The number of carbonyl (C=O) groups excluding carboxylic acids is 1. The van der Waals surface area contributed by atoms with Crippen LogP contribution in [0.25, 0.3) is 11.1 Å². The lowest BCUT2D eigenvalue weighted by atomic mass is 10.0. The lowest BCUT2D eigenvalue weighted by Gasteiger charge is -2.19. The van der Waals surface area contributed by atoms with Gasteiger partial charge in [0.05, 0.1) is 4.92 Å². The minimum Gasteiger partial charge on any atom is -0.444 e. The fraction of sp³-hybridized carbons (Fsp3) is 0.278. The number of nitrogens with zero attached hydrogens (tertiary/aromatic N) is 1. The van der Waals surface area contributed by atoms with Gasteiger partial charge in [-0.3, -0.25) is 15.4 Å². The van der Waals surface area contributed by atoms with Gasteiger partial charge >= 0.3 is 6.09 Å². The number of nitro benzene ring substituents is 1. The van der Waals surface area contributed by atoms with Crippen molar-refractivity contribution >= 4 is 17.5 Å². The van der Waals surface area contributed by atoms with Crippen molar-refractivity contribution in [1.82, 2.24) is 0 Å². The maximum atomic E-state index is 11.8. The summed E-state index contributed by atoms with van der Waals surface area (Å²) in [6, 6.07) is 12.4. The van der Waals surface area contributed by atoms with Gasteiger partial charge in [-0.2, -0.15) is 0 Å². The maximum Gasteiger partial charge on any atom is 0.412 e. The molecule has 0 aliphatic heterocycles. The summed E-state index contributed by atoms with van der Waals surface area (Å²) in [5.74, 6) is 0. The molecule has 2 aromatic carbocycles. The minimum atomic E-state index is -0.728. The first-order valence-electron chi connectivity index (χ1n) is 7.51. The first-order valence-corrected chi connectivity index (χ1v) is 7.51. The van der Waals surface area contributed by atoms with Gasteiger partial charge in [-0.25, -0.2) is 4.79 Å². The average Bonchev–Trinajstić information content (AvgIpc) is 2.45. The molecule has 126 valence electrons. The highest BCUT2D eigenvalue weighted by Gasteiger charge is 2.21. The van der Waals surface area contributed by atoms with Crippen LogP contribution >= 0.6 is 0 Å². The maximum absolute atomic E-state index is 11.8. The molecule has 0 aliphatic rings. The number of rotatable bonds is 3. The van der Waals surface area contributed by atoms with E-state index in [9.17, 15) is 14.9 Å². The molecule has 0 bridgehead atoms. The van der Waals surface area contributed by atoms with Crippen molar-refractivity contribution in [3.05, 3.63) is 58.1 Å². The number of anilines is 1. The lowest BCUT2D eigenvalue weighted by Crippen LogP contribution is -2.27. The third kappa shape index (κ3) is 4.55. The zero-order chi connectivity index (χ0) is 17.9. The minimum absolute atomic E-state index is 0.102. The summed E-state index contributed by atoms with van der Waals surface area (Å²) < 4.78 is 5.13. The van der Waals surface area contributed by atoms with Crippen LogP contribution in [-0.2, 0) is 4.74 Å². The summed E-state index contributed by atoms with van der Waals surface area (Å²) in [6.45, 7) is 7.13. The van der Waals surface area contributed by atoms with Crippen molar-refractivity contribution in [3.63, 3.8) is 0 Å². The first kappa shape index (κ1) is 17.5. The molecule has 0 unspecified atom stereocenters. The zero-order valence-corrected chi connectivity index (χ0v) is 14.1. The number of amides is 1. The van der Waals surface area contributed by atoms with E-state index < -0.39 is 16.6 Å². The number of hydrogen-bond acceptors (Lipinski definition) is 4. The molecule has 0 radical (unpaired) electrons. The van der Waals surface area contributed by atoms with E-state index in [0.717, 1.165) is 11.1 Å². The van der Waals surface area contributed by atoms with E-state index in [1.807, 2.05) is 31.2 Å². The zero-order valence-electron chi connectivity index (χ0n) is 14.1. The van der Waals surface area contributed by atoms with Crippen LogP contribution in [0.1, 0.15) is 26.3 Å². The highest BCUT2D eigenvalue weighted by molar-refractivity contribution is 5.89. The molecular formula is C18H20N2O4. The van der Waals surface area contributed by atoms with Gasteiger partial charge in [0.2, 0.25) is 0 Å². The molecular weight excluding hydrogens is 308 g/mol. The molecule has 0 saturated carbocycles. The second-order valence-corrected chi connectivity index (χ2v) is 6.49. The van der Waals surface area contributed by atoms with Gasteiger partial charge in [0.1, 0.15) is 11.3 Å². The summed E-state index contributed by atoms with van der Waals surface area (Å²) in [5, 5.41) is 13.8. The van der Waals surface area contributed by atoms with Crippen LogP contribution in [0.2, 0.25) is 0 Å². The Morgan fingerprint density at radius 1 is 1.12 bits per heavy atom. The van der Waals surface area contributed by atoms with Crippen molar-refractivity contribution in [1.29, 1.82) is 0 Å². The second kappa shape index (κ2) is 6.70. The van der Waals surface area contributed by atoms with Crippen LogP contribution < -0.4 is 5.32 Å². The molecule has 24 heavy (non-hydrogen) atoms. The van der Waals surface area contributed by atoms with Crippen molar-refractivity contribution in [2.75, 3.05) is 5.32 Å². The van der Waals surface area contributed by atoms with Crippen molar-refractivity contribution in [3.8, 4) is 11.1 Å². The number of carbonyl (C=O) groups is 1. The number of ether oxygens (including phenoxy) is 1. The molecule has 1 N–H and O–H groups in total. The molecule has 0 spiro atoms. The van der Waals surface area contributed by atoms with Crippen LogP contribution in [0.4, 0.5) is 16.2 Å². The van der Waals surface area contributed by atoms with Crippen LogP contribution in [0.3, 0.4) is 0 Å². The lowest BCUT2D eigenvalue weighted by molar-refractivity contribution is -0.383. The van der Waals surface area contributed by atoms with E-state index in [0.29, 0.717) is 5.56 Å². The smallest absolute Gasteiger partial charge is 0.412 e. The number of nitro groups is 1. The number of hydrogen-bond donors (Lipinski definition) is 1. The number of nitrogens with one attached hydrogen (secondary N) is 1. The Hall–Kier alpha value is -2.89. The second-order valence-electron chi connectivity index (χ2n) is 6.49. The van der Waals surface area contributed by atoms with Crippen LogP contribution in [-0.4, -0.2) is 16.6 Å². The summed E-state index contributed by atoms with van der Waals surface area (Å²) in [7, 11) is 0. The third-order valence-corrected chi connectivity index (χ3v) is 3.18. The molecule has 6 nitrogen and oxygen atoms in total. The van der Waals surface area contributed by atoms with Crippen molar-refractivity contribution in [2.45, 2.75) is 33.3 Å². The monoisotopic (exact) mass is 328 g/mol. The Morgan fingerprint density at radius 2 is 1.79 bits per heavy atom. The van der Waals surface area contributed by atoms with E-state index in [1.165, 1.54) is 12.1 Å². The molecule has 2 rings (SSSR count). The van der Waals surface area contributed by atoms with Gasteiger partial charge in [-0.1, -0.05) is 35.9 Å². The Labute approximate surface area is 140 Å². The van der Waals surface area contributed by atoms with E-state index in [4.69, 9.17) is 4.74 Å². The highest BCUT2D eigenvalue weighted by atomic mass is 16.6. The third-order valence-electron chi connectivity index (χ3n) is 3.18.